The average molecular weight is 149 g/mol. The maximum absolute atomic E-state index is 8.62. The Morgan fingerprint density at radius 3 is 3.09 bits per heavy atom. The standard InChI is InChI=1S/C9H11NO/c1-2-6-11-9-5-3-4-8(9)7-10/h2H,1,3-6H2. The summed E-state index contributed by atoms with van der Waals surface area (Å²) in [5.74, 6) is 0.868. The van der Waals surface area contributed by atoms with Crippen LogP contribution in [-0.4, -0.2) is 6.61 Å². The van der Waals surface area contributed by atoms with Gasteiger partial charge >= 0.3 is 0 Å². The van der Waals surface area contributed by atoms with E-state index in [0.717, 1.165) is 30.6 Å². The number of hydrogen-bond acceptors (Lipinski definition) is 2. The molecule has 0 saturated heterocycles. The van der Waals surface area contributed by atoms with Gasteiger partial charge in [0.1, 0.15) is 12.4 Å². The maximum atomic E-state index is 8.62. The zero-order chi connectivity index (χ0) is 8.10. The summed E-state index contributed by atoms with van der Waals surface area (Å²) in [6.07, 6.45) is 4.54. The van der Waals surface area contributed by atoms with E-state index in [-0.39, 0.29) is 0 Å². The molecule has 0 atom stereocenters. The molecule has 1 rings (SSSR count). The van der Waals surface area contributed by atoms with Crippen molar-refractivity contribution in [2.24, 2.45) is 0 Å². The van der Waals surface area contributed by atoms with Gasteiger partial charge in [0, 0.05) is 6.42 Å². The molecule has 0 fully saturated rings. The van der Waals surface area contributed by atoms with Crippen molar-refractivity contribution in [2.75, 3.05) is 6.61 Å². The van der Waals surface area contributed by atoms with Crippen LogP contribution in [0.3, 0.4) is 0 Å². The summed E-state index contributed by atoms with van der Waals surface area (Å²) < 4.78 is 5.29. The van der Waals surface area contributed by atoms with Gasteiger partial charge in [-0.3, -0.25) is 0 Å². The molecule has 0 spiro atoms. The van der Waals surface area contributed by atoms with Gasteiger partial charge in [0.15, 0.2) is 0 Å². The smallest absolute Gasteiger partial charge is 0.110 e. The third kappa shape index (κ3) is 1.84. The predicted molar refractivity (Wildman–Crippen MR) is 42.6 cm³/mol. The highest BCUT2D eigenvalue weighted by Gasteiger charge is 2.14. The van der Waals surface area contributed by atoms with Gasteiger partial charge in [0.25, 0.3) is 0 Å². The van der Waals surface area contributed by atoms with Crippen LogP contribution in [0.25, 0.3) is 0 Å². The highest BCUT2D eigenvalue weighted by atomic mass is 16.5. The minimum atomic E-state index is 0.514. The van der Waals surface area contributed by atoms with Crippen molar-refractivity contribution in [3.05, 3.63) is 24.0 Å². The van der Waals surface area contributed by atoms with Gasteiger partial charge in [-0.1, -0.05) is 12.7 Å². The number of rotatable bonds is 3. The molecule has 0 N–H and O–H groups in total. The second-order valence-corrected chi connectivity index (χ2v) is 2.47. The van der Waals surface area contributed by atoms with Crippen LogP contribution >= 0.6 is 0 Å². The summed E-state index contributed by atoms with van der Waals surface area (Å²) in [5.41, 5.74) is 0.812. The van der Waals surface area contributed by atoms with E-state index in [2.05, 4.69) is 12.6 Å². The molecule has 0 heterocycles. The van der Waals surface area contributed by atoms with Crippen molar-refractivity contribution in [1.29, 1.82) is 5.26 Å². The Hall–Kier alpha value is -1.23. The van der Waals surface area contributed by atoms with Gasteiger partial charge < -0.3 is 4.74 Å². The predicted octanol–water partition coefficient (Wildman–Crippen LogP) is 2.15. The van der Waals surface area contributed by atoms with E-state index in [0.29, 0.717) is 6.61 Å². The minimum Gasteiger partial charge on any atom is -0.493 e. The van der Waals surface area contributed by atoms with E-state index in [1.165, 1.54) is 0 Å². The van der Waals surface area contributed by atoms with Crippen molar-refractivity contribution >= 4 is 0 Å². The lowest BCUT2D eigenvalue weighted by Gasteiger charge is -2.02. The first-order valence-corrected chi connectivity index (χ1v) is 3.74. The zero-order valence-electron chi connectivity index (χ0n) is 6.47. The maximum Gasteiger partial charge on any atom is 0.110 e. The van der Waals surface area contributed by atoms with E-state index in [1.807, 2.05) is 0 Å². The van der Waals surface area contributed by atoms with Crippen LogP contribution in [0.5, 0.6) is 0 Å². The summed E-state index contributed by atoms with van der Waals surface area (Å²) in [4.78, 5) is 0. The summed E-state index contributed by atoms with van der Waals surface area (Å²) in [7, 11) is 0. The molecule has 0 aromatic heterocycles. The first-order valence-electron chi connectivity index (χ1n) is 3.74. The van der Waals surface area contributed by atoms with Crippen molar-refractivity contribution in [3.8, 4) is 6.07 Å². The molecule has 2 heteroatoms. The highest BCUT2D eigenvalue weighted by molar-refractivity contribution is 5.28. The third-order valence-corrected chi connectivity index (χ3v) is 1.68. The first kappa shape index (κ1) is 7.87. The van der Waals surface area contributed by atoms with Gasteiger partial charge in [0.2, 0.25) is 0 Å². The lowest BCUT2D eigenvalue weighted by atomic mass is 10.3. The topological polar surface area (TPSA) is 33.0 Å². The van der Waals surface area contributed by atoms with Crippen LogP contribution in [0.1, 0.15) is 19.3 Å². The summed E-state index contributed by atoms with van der Waals surface area (Å²) in [5, 5.41) is 8.62. The normalized spacial score (nSPS) is 16.3. The number of ether oxygens (including phenoxy) is 1. The summed E-state index contributed by atoms with van der Waals surface area (Å²) in [6, 6.07) is 2.14. The Morgan fingerprint density at radius 1 is 1.64 bits per heavy atom. The SMILES string of the molecule is C=CCOC1=C(C#N)CCC1. The molecule has 11 heavy (non-hydrogen) atoms. The molecular weight excluding hydrogens is 138 g/mol. The van der Waals surface area contributed by atoms with Crippen molar-refractivity contribution in [2.45, 2.75) is 19.3 Å². The molecule has 0 saturated carbocycles. The molecule has 58 valence electrons. The largest absolute Gasteiger partial charge is 0.493 e. The Bertz CT molecular complexity index is 222. The van der Waals surface area contributed by atoms with Crippen molar-refractivity contribution < 1.29 is 4.74 Å². The molecule has 0 aromatic rings. The fourth-order valence-corrected chi connectivity index (χ4v) is 1.15. The van der Waals surface area contributed by atoms with Crippen LogP contribution in [0.15, 0.2) is 24.0 Å². The molecule has 0 bridgehead atoms. The quantitative estimate of drug-likeness (QED) is 0.576. The minimum absolute atomic E-state index is 0.514. The fraction of sp³-hybridized carbons (Fsp3) is 0.444. The lowest BCUT2D eigenvalue weighted by molar-refractivity contribution is 0.239. The van der Waals surface area contributed by atoms with Crippen molar-refractivity contribution in [1.82, 2.24) is 0 Å². The Kier molecular flexibility index (Phi) is 2.74. The summed E-state index contributed by atoms with van der Waals surface area (Å²) in [6.45, 7) is 4.06. The van der Waals surface area contributed by atoms with Crippen LogP contribution in [0.2, 0.25) is 0 Å². The molecule has 0 aliphatic heterocycles. The third-order valence-electron chi connectivity index (χ3n) is 1.68. The van der Waals surface area contributed by atoms with Crippen LogP contribution in [0, 0.1) is 11.3 Å². The molecule has 0 aromatic carbocycles. The molecular formula is C9H11NO. The number of allylic oxidation sites excluding steroid dienone is 2. The Morgan fingerprint density at radius 2 is 2.45 bits per heavy atom. The molecule has 1 aliphatic carbocycles. The Labute approximate surface area is 66.8 Å². The number of hydrogen-bond donors (Lipinski definition) is 0. The molecule has 0 radical (unpaired) electrons. The highest BCUT2D eigenvalue weighted by Crippen LogP contribution is 2.25. The van der Waals surface area contributed by atoms with Gasteiger partial charge in [-0.25, -0.2) is 0 Å². The van der Waals surface area contributed by atoms with Crippen LogP contribution in [-0.2, 0) is 4.74 Å². The second kappa shape index (κ2) is 3.82. The van der Waals surface area contributed by atoms with Crippen LogP contribution < -0.4 is 0 Å². The van der Waals surface area contributed by atoms with E-state index in [1.54, 1.807) is 6.08 Å². The lowest BCUT2D eigenvalue weighted by Crippen LogP contribution is -1.90. The molecule has 2 nitrogen and oxygen atoms in total. The van der Waals surface area contributed by atoms with Gasteiger partial charge in [-0.05, 0) is 12.8 Å². The number of nitriles is 1. The second-order valence-electron chi connectivity index (χ2n) is 2.47. The van der Waals surface area contributed by atoms with E-state index in [4.69, 9.17) is 10.00 Å². The Balaban J connectivity index is 2.54. The monoisotopic (exact) mass is 149 g/mol. The molecule has 0 amide bonds. The number of nitrogens with zero attached hydrogens (tertiary/aromatic N) is 1. The fourth-order valence-electron chi connectivity index (χ4n) is 1.15. The average Bonchev–Trinajstić information content (AvgIpc) is 2.47. The van der Waals surface area contributed by atoms with Gasteiger partial charge in [-0.15, -0.1) is 0 Å². The molecule has 1 aliphatic rings. The van der Waals surface area contributed by atoms with E-state index >= 15 is 0 Å². The van der Waals surface area contributed by atoms with Gasteiger partial charge in [-0.2, -0.15) is 5.26 Å². The van der Waals surface area contributed by atoms with Crippen LogP contribution in [0.4, 0.5) is 0 Å². The van der Waals surface area contributed by atoms with E-state index < -0.39 is 0 Å². The summed E-state index contributed by atoms with van der Waals surface area (Å²) >= 11 is 0. The molecule has 0 unspecified atom stereocenters. The first-order chi connectivity index (χ1) is 5.38. The van der Waals surface area contributed by atoms with E-state index in [9.17, 15) is 0 Å². The van der Waals surface area contributed by atoms with Gasteiger partial charge in [0.05, 0.1) is 11.6 Å². The zero-order valence-corrected chi connectivity index (χ0v) is 6.47. The van der Waals surface area contributed by atoms with Crippen molar-refractivity contribution in [3.63, 3.8) is 0 Å².